The molecule has 25 heteroatoms. The van der Waals surface area contributed by atoms with Crippen molar-refractivity contribution < 1.29 is 40.9 Å². The van der Waals surface area contributed by atoms with Crippen molar-refractivity contribution in [1.29, 1.82) is 0 Å². The van der Waals surface area contributed by atoms with Crippen LogP contribution in [0.1, 0.15) is 331 Å². The van der Waals surface area contributed by atoms with Gasteiger partial charge in [0.25, 0.3) is 0 Å². The maximum Gasteiger partial charge on any atom is 2.00 e. The fraction of sp³-hybridized carbons (Fsp3) is 0.800. The molecule has 0 atom stereocenters. The summed E-state index contributed by atoms with van der Waals surface area (Å²) >= 11 is 14.8. The number of aromatic nitrogens is 8. The number of unbranched alkanes of at least 4 members (excludes halogenated alkanes) is 40. The average Bonchev–Trinajstić information content (AvgIpc) is 1.62. The van der Waals surface area contributed by atoms with Crippen molar-refractivity contribution in [1.82, 2.24) is 39.9 Å². The summed E-state index contributed by atoms with van der Waals surface area (Å²) < 4.78 is 0. The van der Waals surface area contributed by atoms with Crippen molar-refractivity contribution in [2.75, 3.05) is 98.9 Å². The van der Waals surface area contributed by atoms with Crippen LogP contribution in [-0.4, -0.2) is 193 Å². The normalized spacial score (nSPS) is 12.5. The zero-order valence-corrected chi connectivity index (χ0v) is 72.3. The third-order valence-corrected chi connectivity index (χ3v) is 28.4. The van der Waals surface area contributed by atoms with Crippen LogP contribution >= 0.6 is 94.1 Å². The summed E-state index contributed by atoms with van der Waals surface area (Å²) in [5, 5.41) is 76.4. The van der Waals surface area contributed by atoms with Crippen LogP contribution in [0, 0.1) is 0 Å². The molecule has 0 spiro atoms. The van der Waals surface area contributed by atoms with Crippen LogP contribution in [0.25, 0.3) is 42.2 Å². The fourth-order valence-corrected chi connectivity index (χ4v) is 21.8. The van der Waals surface area contributed by atoms with E-state index in [1.807, 2.05) is 94.1 Å². The van der Waals surface area contributed by atoms with Crippen molar-refractivity contribution in [3.63, 3.8) is 0 Å². The summed E-state index contributed by atoms with van der Waals surface area (Å²) in [4.78, 5) is 54.0. The number of hydrogen-bond donors (Lipinski definition) is 8. The number of rotatable bonds is 72. The maximum absolute atomic E-state index is 9.55. The summed E-state index contributed by atoms with van der Waals surface area (Å²) in [5.41, 5.74) is 2.55. The minimum Gasteiger partial charge on any atom is -0.396 e. The molecular weight excluding hydrogens is 1480 g/mol. The first kappa shape index (κ1) is 96.9. The molecule has 0 aromatic carbocycles. The van der Waals surface area contributed by atoms with Gasteiger partial charge in [-0.2, -0.15) is 0 Å². The number of hydrogen-bond acceptors (Lipinski definition) is 22. The van der Waals surface area contributed by atoms with Crippen molar-refractivity contribution in [2.24, 2.45) is 0 Å². The number of nitrogens with zero attached hydrogens (tertiary/aromatic N) is 8. The Morgan fingerprint density at radius 3 is 0.495 bits per heavy atom. The summed E-state index contributed by atoms with van der Waals surface area (Å²) in [6.45, 7) is 1.90. The molecular formula is C80H136MgN8O8S8. The second-order valence-electron chi connectivity index (χ2n) is 27.7. The topological polar surface area (TPSA) is 267 Å². The van der Waals surface area contributed by atoms with Gasteiger partial charge in [-0.05, 0) is 149 Å². The molecule has 5 heterocycles. The van der Waals surface area contributed by atoms with Gasteiger partial charge in [0.2, 0.25) is 0 Å². The molecule has 8 bridgehead atoms. The van der Waals surface area contributed by atoms with Crippen molar-refractivity contribution >= 4 is 159 Å². The van der Waals surface area contributed by atoms with E-state index in [4.69, 9.17) is 39.9 Å². The van der Waals surface area contributed by atoms with Crippen LogP contribution in [0.3, 0.4) is 0 Å². The van der Waals surface area contributed by atoms with Crippen molar-refractivity contribution in [2.45, 2.75) is 328 Å². The molecule has 0 saturated carbocycles. The summed E-state index contributed by atoms with van der Waals surface area (Å²) in [6, 6.07) is 0. The SMILES string of the molecule is OCCCCCCCCSC1=C(SCCCCCCCCO)c2nc1nc1nc(nc3[n-]c(nc4[n-]c(n2)c(SCCCCCCCCO)c4SCCCCCCCCO)c(SCCCCCCCCO)c3SCCCCCCCCO)C(SCCCCCCCCO)=C1SCCCCCCCCO.[Mg+2]. The van der Waals surface area contributed by atoms with E-state index in [0.717, 1.165) is 393 Å². The van der Waals surface area contributed by atoms with Gasteiger partial charge in [-0.15, -0.1) is 94.1 Å². The Hall–Kier alpha value is -0.434. The standard InChI is InChI=1S/C80H136N8O8S8.Mg/c89-49-33-17-1-9-25-41-57-97-65-66(98-58-42-26-10-2-18-34-50-90)74-81-73(65)85-75-67(99-59-43-27-11-3-19-35-51-91)68(100-60-44-28-12-4-20-36-52-92)77(82-75)87-79-71(103-63-47-31-15-7-23-39-55-95)72(104-64-48-32-16-8-24-40-56-96)80(84-79)88-78-70(102-62-46-30-14-6-22-38-54-94)69(76(83-78)86-74)101-61-45-29-13-5-21-37-53-93;/h89-96H,1-64H2;/q-2;+2. The molecule has 2 aliphatic rings. The van der Waals surface area contributed by atoms with Gasteiger partial charge in [0.1, 0.15) is 11.6 Å². The van der Waals surface area contributed by atoms with Gasteiger partial charge in [-0.25, -0.2) is 15.0 Å². The van der Waals surface area contributed by atoms with E-state index in [-0.39, 0.29) is 75.9 Å². The first-order valence-corrected chi connectivity index (χ1v) is 48.9. The van der Waals surface area contributed by atoms with Crippen molar-refractivity contribution in [3.8, 4) is 0 Å². The van der Waals surface area contributed by atoms with E-state index in [1.165, 1.54) is 0 Å². The Kier molecular flexibility index (Phi) is 61.8. The van der Waals surface area contributed by atoms with E-state index in [9.17, 15) is 40.9 Å². The Labute approximate surface area is 684 Å². The first-order valence-electron chi connectivity index (χ1n) is 41.0. The maximum atomic E-state index is 9.55. The molecule has 8 N–H and O–H groups in total. The van der Waals surface area contributed by atoms with Crippen molar-refractivity contribution in [3.05, 3.63) is 23.3 Å². The van der Waals surface area contributed by atoms with Gasteiger partial charge < -0.3 is 65.8 Å². The van der Waals surface area contributed by atoms with E-state index in [1.54, 1.807) is 0 Å². The molecule has 105 heavy (non-hydrogen) atoms. The quantitative estimate of drug-likeness (QED) is 0.0148. The molecule has 594 valence electrons. The van der Waals surface area contributed by atoms with E-state index >= 15 is 0 Å². The predicted molar refractivity (Wildman–Crippen MR) is 461 cm³/mol. The van der Waals surface area contributed by atoms with E-state index in [2.05, 4.69) is 0 Å². The number of thioether (sulfide) groups is 8. The number of aliphatic hydroxyl groups excluding tert-OH is 8. The molecule has 3 aromatic rings. The third kappa shape index (κ3) is 42.0. The molecule has 0 saturated heterocycles. The van der Waals surface area contributed by atoms with Gasteiger partial charge in [0.15, 0.2) is 11.6 Å². The van der Waals surface area contributed by atoms with Gasteiger partial charge in [-0.3, -0.25) is 0 Å². The van der Waals surface area contributed by atoms with Gasteiger partial charge >= 0.3 is 23.1 Å². The van der Waals surface area contributed by atoms with E-state index < -0.39 is 0 Å². The number of aliphatic hydroxyl groups is 8. The Balaban J connectivity index is 0.0000233. The predicted octanol–water partition coefficient (Wildman–Crippen LogP) is 20.4. The van der Waals surface area contributed by atoms with E-state index in [0.29, 0.717) is 45.9 Å². The van der Waals surface area contributed by atoms with Crippen LogP contribution in [0.2, 0.25) is 0 Å². The first-order chi connectivity index (χ1) is 51.5. The molecule has 16 nitrogen and oxygen atoms in total. The minimum absolute atomic E-state index is 0. The van der Waals surface area contributed by atoms with Crippen LogP contribution in [0.4, 0.5) is 0 Å². The Bertz CT molecular complexity index is 2710. The Morgan fingerprint density at radius 1 is 0.171 bits per heavy atom. The monoisotopic (exact) mass is 1620 g/mol. The molecule has 0 radical (unpaired) electrons. The summed E-state index contributed by atoms with van der Waals surface area (Å²) in [6.07, 6.45) is 50.0. The Morgan fingerprint density at radius 2 is 0.314 bits per heavy atom. The zero-order valence-electron chi connectivity index (χ0n) is 64.4. The second-order valence-corrected chi connectivity index (χ2v) is 36.5. The van der Waals surface area contributed by atoms with Gasteiger partial charge in [0, 0.05) is 95.0 Å². The van der Waals surface area contributed by atoms with Gasteiger partial charge in [0.05, 0.1) is 19.6 Å². The second kappa shape index (κ2) is 67.0. The number of fused-ring (bicyclic) bond motifs is 8. The molecule has 0 unspecified atom stereocenters. The third-order valence-electron chi connectivity index (χ3n) is 18.5. The molecule has 3 aromatic heterocycles. The molecule has 0 aliphatic carbocycles. The van der Waals surface area contributed by atoms with Crippen LogP contribution in [-0.2, 0) is 0 Å². The summed E-state index contributed by atoms with van der Waals surface area (Å²) in [5.74, 6) is 9.68. The average molecular weight is 1620 g/mol. The minimum atomic E-state index is 0. The van der Waals surface area contributed by atoms with Crippen LogP contribution in [0.5, 0.6) is 0 Å². The smallest absolute Gasteiger partial charge is 0.396 e. The molecule has 2 aliphatic heterocycles. The molecule has 0 fully saturated rings. The van der Waals surface area contributed by atoms with Crippen LogP contribution < -0.4 is 9.97 Å². The van der Waals surface area contributed by atoms with Crippen LogP contribution in [0.15, 0.2) is 19.6 Å². The zero-order chi connectivity index (χ0) is 73.8. The summed E-state index contributed by atoms with van der Waals surface area (Å²) in [7, 11) is 0. The largest absolute Gasteiger partial charge is 2.00 e. The fourth-order valence-electron chi connectivity index (χ4n) is 12.4. The molecule has 5 rings (SSSR count). The molecule has 0 amide bonds. The van der Waals surface area contributed by atoms with Gasteiger partial charge in [-0.1, -0.05) is 205 Å².